The maximum absolute atomic E-state index is 11.5. The molecule has 0 saturated heterocycles. The molecule has 6 rings (SSSR count). The number of anilines is 1. The molecule has 0 unspecified atom stereocenters. The van der Waals surface area contributed by atoms with E-state index in [0.29, 0.717) is 18.2 Å². The molecule has 3 N–H and O–H groups in total. The fraction of sp³-hybridized carbons (Fsp3) is 0.120. The zero-order valence-electron chi connectivity index (χ0n) is 18.9. The van der Waals surface area contributed by atoms with Crippen molar-refractivity contribution >= 4 is 28.0 Å². The van der Waals surface area contributed by atoms with Crippen LogP contribution >= 0.6 is 0 Å². The molecule has 0 spiro atoms. The van der Waals surface area contributed by atoms with Crippen LogP contribution in [0, 0.1) is 0 Å². The Balaban J connectivity index is 1.27. The summed E-state index contributed by atoms with van der Waals surface area (Å²) in [6.07, 6.45) is 7.09. The van der Waals surface area contributed by atoms with Gasteiger partial charge in [0.05, 0.1) is 23.1 Å². The van der Waals surface area contributed by atoms with Crippen LogP contribution in [-0.4, -0.2) is 39.5 Å². The zero-order valence-corrected chi connectivity index (χ0v) is 18.9. The Morgan fingerprint density at radius 1 is 0.971 bits per heavy atom. The largest absolute Gasteiger partial charge is 0.364 e. The molecular weight excluding hydrogens is 442 g/mol. The van der Waals surface area contributed by atoms with Gasteiger partial charge in [-0.15, -0.1) is 0 Å². The molecular formula is C25H21N9O. The van der Waals surface area contributed by atoms with Crippen molar-refractivity contribution in [1.29, 1.82) is 0 Å². The number of pyridine rings is 2. The Morgan fingerprint density at radius 2 is 1.89 bits per heavy atom. The highest BCUT2D eigenvalue weighted by Crippen LogP contribution is 2.25. The molecule has 0 fully saturated rings. The van der Waals surface area contributed by atoms with E-state index in [1.54, 1.807) is 18.7 Å². The van der Waals surface area contributed by atoms with Gasteiger partial charge in [-0.1, -0.05) is 12.1 Å². The molecule has 5 heterocycles. The number of benzene rings is 1. The van der Waals surface area contributed by atoms with Crippen LogP contribution in [0.5, 0.6) is 0 Å². The minimum atomic E-state index is -0.221. The number of imidazole rings is 2. The van der Waals surface area contributed by atoms with Crippen molar-refractivity contribution in [3.05, 3.63) is 83.4 Å². The smallest absolute Gasteiger partial charge is 0.323 e. The highest BCUT2D eigenvalue weighted by atomic mass is 16.1. The van der Waals surface area contributed by atoms with E-state index in [0.717, 1.165) is 51.1 Å². The predicted octanol–water partition coefficient (Wildman–Crippen LogP) is 3.75. The first kappa shape index (κ1) is 20.7. The van der Waals surface area contributed by atoms with Gasteiger partial charge in [-0.2, -0.15) is 0 Å². The van der Waals surface area contributed by atoms with Gasteiger partial charge in [-0.25, -0.2) is 19.7 Å². The van der Waals surface area contributed by atoms with Gasteiger partial charge in [0.15, 0.2) is 17.3 Å². The van der Waals surface area contributed by atoms with Crippen LogP contribution in [-0.2, 0) is 13.1 Å². The lowest BCUT2D eigenvalue weighted by atomic mass is 10.1. The molecule has 0 radical (unpaired) electrons. The minimum absolute atomic E-state index is 0.221. The third-order valence-electron chi connectivity index (χ3n) is 5.82. The molecule has 35 heavy (non-hydrogen) atoms. The third-order valence-corrected chi connectivity index (χ3v) is 5.82. The standard InChI is InChI=1S/C25H21N9O/c1-2-34-14-29-21-23(32-22(33-24(21)34)17-4-3-9-26-13-17)28-12-15-5-7-18(27-11-15)16-6-8-19-20(10-16)31-25(35)30-19/h3-11,13-14H,2,12H2,1H3,(H,28,32,33)(H2,30,31,35). The van der Waals surface area contributed by atoms with Crippen LogP contribution < -0.4 is 11.0 Å². The zero-order chi connectivity index (χ0) is 23.8. The van der Waals surface area contributed by atoms with Crippen molar-refractivity contribution in [2.24, 2.45) is 0 Å². The van der Waals surface area contributed by atoms with Gasteiger partial charge in [0.2, 0.25) is 0 Å². The summed E-state index contributed by atoms with van der Waals surface area (Å²) >= 11 is 0. The molecule has 0 amide bonds. The van der Waals surface area contributed by atoms with Crippen LogP contribution in [0.3, 0.4) is 0 Å². The molecule has 0 saturated carbocycles. The lowest BCUT2D eigenvalue weighted by molar-refractivity contribution is 0.777. The summed E-state index contributed by atoms with van der Waals surface area (Å²) in [6.45, 7) is 3.33. The van der Waals surface area contributed by atoms with Crippen LogP contribution in [0.2, 0.25) is 0 Å². The lowest BCUT2D eigenvalue weighted by Gasteiger charge is -2.10. The summed E-state index contributed by atoms with van der Waals surface area (Å²) in [6, 6.07) is 13.5. The van der Waals surface area contributed by atoms with E-state index in [1.165, 1.54) is 0 Å². The van der Waals surface area contributed by atoms with Crippen molar-refractivity contribution in [3.8, 4) is 22.6 Å². The maximum Gasteiger partial charge on any atom is 0.323 e. The van der Waals surface area contributed by atoms with Crippen molar-refractivity contribution in [2.75, 3.05) is 5.32 Å². The lowest BCUT2D eigenvalue weighted by Crippen LogP contribution is -2.05. The molecule has 10 nitrogen and oxygen atoms in total. The molecule has 0 atom stereocenters. The molecule has 6 aromatic rings. The molecule has 0 bridgehead atoms. The Kier molecular flexibility index (Phi) is 5.03. The van der Waals surface area contributed by atoms with E-state index < -0.39 is 0 Å². The van der Waals surface area contributed by atoms with Crippen LogP contribution in [0.25, 0.3) is 44.8 Å². The number of aromatic nitrogens is 8. The first-order valence-electron chi connectivity index (χ1n) is 11.2. The number of H-pyrrole nitrogens is 2. The number of fused-ring (bicyclic) bond motifs is 2. The first-order valence-corrected chi connectivity index (χ1v) is 11.2. The summed E-state index contributed by atoms with van der Waals surface area (Å²) in [5.74, 6) is 1.25. The summed E-state index contributed by atoms with van der Waals surface area (Å²) in [5.41, 5.74) is 6.38. The maximum atomic E-state index is 11.5. The van der Waals surface area contributed by atoms with Crippen LogP contribution in [0.1, 0.15) is 12.5 Å². The third kappa shape index (κ3) is 3.90. The Hall–Kier alpha value is -4.86. The highest BCUT2D eigenvalue weighted by Gasteiger charge is 2.14. The van der Waals surface area contributed by atoms with E-state index in [4.69, 9.17) is 9.97 Å². The molecule has 172 valence electrons. The molecule has 10 heteroatoms. The van der Waals surface area contributed by atoms with Gasteiger partial charge in [-0.05, 0) is 42.8 Å². The SMILES string of the molecule is CCn1cnc2c(NCc3ccc(-c4ccc5[nH]c(=O)[nH]c5c4)nc3)nc(-c3cccnc3)nc21. The molecule has 0 aliphatic heterocycles. The Labute approximate surface area is 199 Å². The Morgan fingerprint density at radius 3 is 2.69 bits per heavy atom. The second kappa shape index (κ2) is 8.49. The van der Waals surface area contributed by atoms with Crippen LogP contribution in [0.4, 0.5) is 5.82 Å². The van der Waals surface area contributed by atoms with Gasteiger partial charge in [0, 0.05) is 42.8 Å². The Bertz CT molecular complexity index is 1700. The first-order chi connectivity index (χ1) is 17.2. The number of nitrogens with one attached hydrogen (secondary N) is 3. The van der Waals surface area contributed by atoms with E-state index in [2.05, 4.69) is 37.2 Å². The van der Waals surface area contributed by atoms with Gasteiger partial charge < -0.3 is 19.9 Å². The molecule has 0 aliphatic rings. The minimum Gasteiger partial charge on any atom is -0.364 e. The predicted molar refractivity (Wildman–Crippen MR) is 134 cm³/mol. The van der Waals surface area contributed by atoms with Crippen molar-refractivity contribution in [2.45, 2.75) is 20.0 Å². The number of aryl methyl sites for hydroxylation is 1. The second-order valence-electron chi connectivity index (χ2n) is 8.09. The summed E-state index contributed by atoms with van der Waals surface area (Å²) in [7, 11) is 0. The second-order valence-corrected chi connectivity index (χ2v) is 8.09. The summed E-state index contributed by atoms with van der Waals surface area (Å²) in [5, 5.41) is 3.41. The van der Waals surface area contributed by atoms with Gasteiger partial charge in [0.1, 0.15) is 5.52 Å². The fourth-order valence-corrected chi connectivity index (χ4v) is 4.00. The van der Waals surface area contributed by atoms with Gasteiger partial charge in [0.25, 0.3) is 0 Å². The average molecular weight is 464 g/mol. The van der Waals surface area contributed by atoms with E-state index >= 15 is 0 Å². The van der Waals surface area contributed by atoms with Crippen LogP contribution in [0.15, 0.2) is 72.2 Å². The topological polar surface area (TPSA) is 130 Å². The number of rotatable bonds is 6. The number of nitrogens with zero attached hydrogens (tertiary/aromatic N) is 6. The summed E-state index contributed by atoms with van der Waals surface area (Å²) in [4.78, 5) is 39.9. The van der Waals surface area contributed by atoms with E-state index in [1.807, 2.05) is 53.2 Å². The van der Waals surface area contributed by atoms with Gasteiger partial charge in [-0.3, -0.25) is 9.97 Å². The summed E-state index contributed by atoms with van der Waals surface area (Å²) < 4.78 is 1.99. The van der Waals surface area contributed by atoms with Crippen molar-refractivity contribution < 1.29 is 0 Å². The van der Waals surface area contributed by atoms with E-state index in [-0.39, 0.29) is 5.69 Å². The number of aromatic amines is 2. The molecule has 1 aromatic carbocycles. The average Bonchev–Trinajstić information content (AvgIpc) is 3.49. The monoisotopic (exact) mass is 463 g/mol. The number of hydrogen-bond donors (Lipinski definition) is 3. The number of hydrogen-bond acceptors (Lipinski definition) is 7. The molecule has 5 aromatic heterocycles. The highest BCUT2D eigenvalue weighted by molar-refractivity contribution is 5.85. The quantitative estimate of drug-likeness (QED) is 0.343. The fourth-order valence-electron chi connectivity index (χ4n) is 4.00. The van der Waals surface area contributed by atoms with Gasteiger partial charge >= 0.3 is 5.69 Å². The van der Waals surface area contributed by atoms with Crippen molar-refractivity contribution in [3.63, 3.8) is 0 Å². The normalized spacial score (nSPS) is 11.3. The van der Waals surface area contributed by atoms with Crippen molar-refractivity contribution in [1.82, 2.24) is 39.5 Å². The molecule has 0 aliphatic carbocycles. The van der Waals surface area contributed by atoms with E-state index in [9.17, 15) is 4.79 Å².